The van der Waals surface area contributed by atoms with E-state index in [4.69, 9.17) is 0 Å². The lowest BCUT2D eigenvalue weighted by Crippen LogP contribution is -2.43. The van der Waals surface area contributed by atoms with Crippen molar-refractivity contribution in [3.05, 3.63) is 71.9 Å². The van der Waals surface area contributed by atoms with Gasteiger partial charge < -0.3 is 10.2 Å². The van der Waals surface area contributed by atoms with E-state index in [2.05, 4.69) is 53.3 Å². The van der Waals surface area contributed by atoms with Crippen LogP contribution in [0.4, 0.5) is 5.69 Å². The molecule has 9 heteroatoms. The summed E-state index contributed by atoms with van der Waals surface area (Å²) in [5, 5.41) is 11.1. The largest absolute Gasteiger partial charge is 0.319 e. The lowest BCUT2D eigenvalue weighted by molar-refractivity contribution is 0.102. The first-order valence-electron chi connectivity index (χ1n) is 13.4. The van der Waals surface area contributed by atoms with E-state index in [1.165, 1.54) is 18.4 Å². The van der Waals surface area contributed by atoms with Crippen LogP contribution >= 0.6 is 0 Å². The molecule has 0 bridgehead atoms. The summed E-state index contributed by atoms with van der Waals surface area (Å²) in [6, 6.07) is 12.1. The zero-order valence-corrected chi connectivity index (χ0v) is 21.9. The number of aromatic amines is 1. The van der Waals surface area contributed by atoms with E-state index >= 15 is 0 Å². The zero-order chi connectivity index (χ0) is 25.9. The number of amides is 1. The third-order valence-corrected chi connectivity index (χ3v) is 7.58. The van der Waals surface area contributed by atoms with E-state index in [0.717, 1.165) is 80.1 Å². The zero-order valence-electron chi connectivity index (χ0n) is 21.9. The molecule has 0 unspecified atom stereocenters. The summed E-state index contributed by atoms with van der Waals surface area (Å²) < 4.78 is 0. The second-order valence-corrected chi connectivity index (χ2v) is 10.5. The van der Waals surface area contributed by atoms with Crippen LogP contribution in [-0.2, 0) is 13.1 Å². The van der Waals surface area contributed by atoms with Gasteiger partial charge in [0.05, 0.1) is 23.1 Å². The molecule has 0 saturated carbocycles. The second-order valence-electron chi connectivity index (χ2n) is 10.5. The van der Waals surface area contributed by atoms with E-state index < -0.39 is 0 Å². The molecule has 38 heavy (non-hydrogen) atoms. The van der Waals surface area contributed by atoms with Crippen molar-refractivity contribution in [1.82, 2.24) is 34.9 Å². The summed E-state index contributed by atoms with van der Waals surface area (Å²) in [7, 11) is 2.17. The number of likely N-dealkylation sites (N-methyl/N-ethyl adjacent to an activating group) is 1. The standard InChI is InChI=1S/C29H34N8O/c1-35-10-12-37(13-11-35)19-21-14-23(17-30-16-21)22-4-7-27-26(15-22)28(34-33-27)29(38)32-24-5-6-25(31-18-24)20-36-8-2-3-9-36/h4-7,14-18H,2-3,8-13,19-20H2,1H3,(H,32,38)(H,33,34). The van der Waals surface area contributed by atoms with Gasteiger partial charge >= 0.3 is 0 Å². The molecule has 196 valence electrons. The Hall–Kier alpha value is -3.66. The first kappa shape index (κ1) is 24.7. The summed E-state index contributed by atoms with van der Waals surface area (Å²) in [6.07, 6.45) is 8.06. The molecule has 0 aliphatic carbocycles. The Labute approximate surface area is 222 Å². The van der Waals surface area contributed by atoms with Crippen LogP contribution in [0.2, 0.25) is 0 Å². The van der Waals surface area contributed by atoms with Gasteiger partial charge in [-0.2, -0.15) is 5.10 Å². The second kappa shape index (κ2) is 11.0. The van der Waals surface area contributed by atoms with Crippen molar-refractivity contribution in [2.45, 2.75) is 25.9 Å². The number of fused-ring (bicyclic) bond motifs is 1. The number of H-pyrrole nitrogens is 1. The van der Waals surface area contributed by atoms with Crippen molar-refractivity contribution < 1.29 is 4.79 Å². The molecule has 2 fully saturated rings. The van der Waals surface area contributed by atoms with Gasteiger partial charge in [-0.15, -0.1) is 0 Å². The van der Waals surface area contributed by atoms with Gasteiger partial charge in [0.25, 0.3) is 5.91 Å². The molecule has 2 N–H and O–H groups in total. The van der Waals surface area contributed by atoms with Crippen LogP contribution in [0.1, 0.15) is 34.6 Å². The first-order valence-corrected chi connectivity index (χ1v) is 13.4. The lowest BCUT2D eigenvalue weighted by atomic mass is 10.0. The Balaban J connectivity index is 1.16. The SMILES string of the molecule is CN1CCN(Cc2cncc(-c3ccc4[nH]nc(C(=O)Nc5ccc(CN6CCCC6)nc5)c4c3)c2)CC1. The number of anilines is 1. The highest BCUT2D eigenvalue weighted by atomic mass is 16.1. The van der Waals surface area contributed by atoms with E-state index in [-0.39, 0.29) is 5.91 Å². The van der Waals surface area contributed by atoms with Crippen LogP contribution in [0.25, 0.3) is 22.0 Å². The molecule has 2 saturated heterocycles. The van der Waals surface area contributed by atoms with Crippen molar-refractivity contribution in [3.8, 4) is 11.1 Å². The number of rotatable bonds is 7. The number of carbonyl (C=O) groups excluding carboxylic acids is 1. The van der Waals surface area contributed by atoms with Gasteiger partial charge in [0.2, 0.25) is 0 Å². The maximum absolute atomic E-state index is 13.1. The van der Waals surface area contributed by atoms with Crippen LogP contribution in [0.15, 0.2) is 55.0 Å². The van der Waals surface area contributed by atoms with Crippen molar-refractivity contribution >= 4 is 22.5 Å². The first-order chi connectivity index (χ1) is 18.6. The molecule has 4 aromatic rings. The third kappa shape index (κ3) is 5.60. The number of aromatic nitrogens is 4. The molecule has 9 nitrogen and oxygen atoms in total. The Kier molecular flexibility index (Phi) is 7.13. The Morgan fingerprint density at radius 1 is 0.895 bits per heavy atom. The maximum atomic E-state index is 13.1. The molecule has 1 aromatic carbocycles. The molecule has 0 atom stereocenters. The summed E-state index contributed by atoms with van der Waals surface area (Å²) >= 11 is 0. The van der Waals surface area contributed by atoms with E-state index in [9.17, 15) is 4.79 Å². The normalized spacial score (nSPS) is 17.3. The number of hydrogen-bond acceptors (Lipinski definition) is 7. The number of likely N-dealkylation sites (tertiary alicyclic amines) is 1. The summed E-state index contributed by atoms with van der Waals surface area (Å²) in [5.41, 5.74) is 6.09. The number of carbonyl (C=O) groups is 1. The highest BCUT2D eigenvalue weighted by Crippen LogP contribution is 2.26. The van der Waals surface area contributed by atoms with Gasteiger partial charge in [-0.3, -0.25) is 29.7 Å². The fourth-order valence-electron chi connectivity index (χ4n) is 5.31. The fraction of sp³-hybridized carbons (Fsp3) is 0.379. The molecule has 2 aliphatic rings. The molecule has 0 spiro atoms. The molecule has 0 radical (unpaired) electrons. The minimum atomic E-state index is -0.260. The predicted molar refractivity (Wildman–Crippen MR) is 149 cm³/mol. The monoisotopic (exact) mass is 510 g/mol. The topological polar surface area (TPSA) is 93.3 Å². The molecule has 5 heterocycles. The third-order valence-electron chi connectivity index (χ3n) is 7.58. The van der Waals surface area contributed by atoms with Crippen molar-refractivity contribution in [3.63, 3.8) is 0 Å². The van der Waals surface area contributed by atoms with Gasteiger partial charge in [-0.25, -0.2) is 0 Å². The average molecular weight is 511 g/mol. The summed E-state index contributed by atoms with van der Waals surface area (Å²) in [6.45, 7) is 8.32. The van der Waals surface area contributed by atoms with E-state index in [0.29, 0.717) is 11.4 Å². The number of hydrogen-bond donors (Lipinski definition) is 2. The minimum absolute atomic E-state index is 0.260. The maximum Gasteiger partial charge on any atom is 0.276 e. The average Bonchev–Trinajstić information content (AvgIpc) is 3.61. The van der Waals surface area contributed by atoms with Crippen molar-refractivity contribution in [2.24, 2.45) is 0 Å². The lowest BCUT2D eigenvalue weighted by Gasteiger charge is -2.32. The van der Waals surface area contributed by atoms with Crippen molar-refractivity contribution in [1.29, 1.82) is 0 Å². The molecule has 1 amide bonds. The van der Waals surface area contributed by atoms with Gasteiger partial charge in [-0.05, 0) is 74.4 Å². The van der Waals surface area contributed by atoms with Crippen LogP contribution in [0, 0.1) is 0 Å². The van der Waals surface area contributed by atoms with E-state index in [1.54, 1.807) is 6.20 Å². The summed E-state index contributed by atoms with van der Waals surface area (Å²) in [5.74, 6) is -0.260. The highest BCUT2D eigenvalue weighted by Gasteiger charge is 2.18. The fourth-order valence-corrected chi connectivity index (χ4v) is 5.31. The van der Waals surface area contributed by atoms with Gasteiger partial charge in [0.1, 0.15) is 0 Å². The number of benzene rings is 1. The molecular formula is C29H34N8O. The number of pyridine rings is 2. The number of piperazine rings is 1. The van der Waals surface area contributed by atoms with Crippen LogP contribution < -0.4 is 5.32 Å². The smallest absolute Gasteiger partial charge is 0.276 e. The molecule has 6 rings (SSSR count). The van der Waals surface area contributed by atoms with Gasteiger partial charge in [0, 0.05) is 62.6 Å². The minimum Gasteiger partial charge on any atom is -0.319 e. The van der Waals surface area contributed by atoms with Crippen molar-refractivity contribution in [2.75, 3.05) is 51.6 Å². The van der Waals surface area contributed by atoms with Gasteiger partial charge in [-0.1, -0.05) is 6.07 Å². The predicted octanol–water partition coefficient (Wildman–Crippen LogP) is 3.62. The molecule has 3 aromatic heterocycles. The van der Waals surface area contributed by atoms with E-state index in [1.807, 2.05) is 42.7 Å². The van der Waals surface area contributed by atoms with Crippen LogP contribution in [0.3, 0.4) is 0 Å². The molecule has 2 aliphatic heterocycles. The van der Waals surface area contributed by atoms with Crippen LogP contribution in [0.5, 0.6) is 0 Å². The Morgan fingerprint density at radius 2 is 1.71 bits per heavy atom. The number of nitrogens with zero attached hydrogens (tertiary/aromatic N) is 6. The summed E-state index contributed by atoms with van der Waals surface area (Å²) in [4.78, 5) is 29.4. The van der Waals surface area contributed by atoms with Crippen LogP contribution in [-0.4, -0.2) is 87.1 Å². The quantitative estimate of drug-likeness (QED) is 0.392. The van der Waals surface area contributed by atoms with Gasteiger partial charge in [0.15, 0.2) is 5.69 Å². The Morgan fingerprint density at radius 3 is 2.50 bits per heavy atom. The molecular weight excluding hydrogens is 476 g/mol. The highest BCUT2D eigenvalue weighted by molar-refractivity contribution is 6.11. The Bertz CT molecular complexity index is 1400. The number of nitrogens with one attached hydrogen (secondary N) is 2.